The van der Waals surface area contributed by atoms with Gasteiger partial charge in [0.15, 0.2) is 0 Å². The summed E-state index contributed by atoms with van der Waals surface area (Å²) in [6, 6.07) is -1.11. The van der Waals surface area contributed by atoms with E-state index in [0.29, 0.717) is 6.42 Å². The fourth-order valence-corrected chi connectivity index (χ4v) is 2.96. The van der Waals surface area contributed by atoms with E-state index in [4.69, 9.17) is 20.4 Å². The van der Waals surface area contributed by atoms with Crippen LogP contribution in [0.5, 0.6) is 0 Å². The summed E-state index contributed by atoms with van der Waals surface area (Å²) in [7, 11) is 0. The van der Waals surface area contributed by atoms with Crippen molar-refractivity contribution in [2.75, 3.05) is 0 Å². The van der Waals surface area contributed by atoms with Crippen LogP contribution in [0, 0.1) is 0 Å². The first-order chi connectivity index (χ1) is 15.6. The Morgan fingerprint density at radius 2 is 0.943 bits per heavy atom. The fraction of sp³-hybridized carbons (Fsp3) is 0.783. The standard InChI is InChI=1S/C19H35NO5.C4H6O4.2Na.2H/c1-2-3-4-5-6-7-8-9-10-11-12-13-17(21)20-16(19(24)25)14-15-18(22)23;5-3(6)1-2-4(7)8;;;;/h16H,2-15H2,1H3,(H,20,21)(H,22,23)(H,24,25);1-2H2,(H,5,6)(H,7,8);;;;/t16-;;;;;/m0...../s1. The van der Waals surface area contributed by atoms with E-state index in [1.165, 1.54) is 51.4 Å². The van der Waals surface area contributed by atoms with Crippen LogP contribution in [0.15, 0.2) is 0 Å². The van der Waals surface area contributed by atoms with E-state index in [-0.39, 0.29) is 90.7 Å². The Balaban J connectivity index is -0.000000412. The zero-order chi connectivity index (χ0) is 25.5. The van der Waals surface area contributed by atoms with E-state index in [0.717, 1.165) is 19.3 Å². The zero-order valence-electron chi connectivity index (χ0n) is 19.7. The van der Waals surface area contributed by atoms with E-state index in [1.54, 1.807) is 0 Å². The van der Waals surface area contributed by atoms with E-state index in [2.05, 4.69) is 12.2 Å². The van der Waals surface area contributed by atoms with Gasteiger partial charge in [0.05, 0.1) is 12.8 Å². The van der Waals surface area contributed by atoms with Crippen molar-refractivity contribution in [2.45, 2.75) is 116 Å². The summed E-state index contributed by atoms with van der Waals surface area (Å²) in [4.78, 5) is 52.5. The number of nitrogens with one attached hydrogen (secondary N) is 1. The zero-order valence-corrected chi connectivity index (χ0v) is 19.7. The summed E-state index contributed by atoms with van der Waals surface area (Å²) in [6.45, 7) is 2.22. The molecule has 0 radical (unpaired) electrons. The number of carbonyl (C=O) groups is 5. The van der Waals surface area contributed by atoms with Crippen molar-refractivity contribution < 1.29 is 44.4 Å². The number of amides is 1. The van der Waals surface area contributed by atoms with Crippen molar-refractivity contribution in [1.82, 2.24) is 5.32 Å². The van der Waals surface area contributed by atoms with Crippen LogP contribution >= 0.6 is 0 Å². The average Bonchev–Trinajstić information content (AvgIpc) is 2.73. The SMILES string of the molecule is CCCCCCCCCCCCCC(=O)N[C@@H](CCC(=O)O)C(=O)O.O=C(O)CCC(=O)O.[NaH].[NaH]. The first-order valence-electron chi connectivity index (χ1n) is 11.8. The number of hydrogen-bond acceptors (Lipinski definition) is 5. The molecule has 0 fully saturated rings. The van der Waals surface area contributed by atoms with E-state index < -0.39 is 29.9 Å². The van der Waals surface area contributed by atoms with Gasteiger partial charge in [0, 0.05) is 12.8 Å². The van der Waals surface area contributed by atoms with Gasteiger partial charge in [-0.3, -0.25) is 19.2 Å². The van der Waals surface area contributed by atoms with Gasteiger partial charge in [-0.2, -0.15) is 0 Å². The summed E-state index contributed by atoms with van der Waals surface area (Å²) in [5.41, 5.74) is 0. The first-order valence-corrected chi connectivity index (χ1v) is 11.8. The monoisotopic (exact) mass is 523 g/mol. The van der Waals surface area contributed by atoms with Gasteiger partial charge in [0.25, 0.3) is 0 Å². The van der Waals surface area contributed by atoms with Crippen molar-refractivity contribution in [3.8, 4) is 0 Å². The molecule has 10 nitrogen and oxygen atoms in total. The molecule has 12 heteroatoms. The molecule has 0 aromatic carbocycles. The Morgan fingerprint density at radius 3 is 1.29 bits per heavy atom. The molecule has 0 saturated carbocycles. The molecule has 0 heterocycles. The molecule has 0 rings (SSSR count). The van der Waals surface area contributed by atoms with Gasteiger partial charge in [-0.25, -0.2) is 4.79 Å². The van der Waals surface area contributed by atoms with Crippen LogP contribution in [0.2, 0.25) is 0 Å². The summed E-state index contributed by atoms with van der Waals surface area (Å²) < 4.78 is 0. The van der Waals surface area contributed by atoms with Gasteiger partial charge in [0.1, 0.15) is 6.04 Å². The number of carboxylic acid groups (broad SMARTS) is 4. The second kappa shape index (κ2) is 29.6. The van der Waals surface area contributed by atoms with Crippen LogP contribution in [-0.4, -0.2) is 115 Å². The molecule has 0 saturated heterocycles. The average molecular weight is 524 g/mol. The molecule has 0 bridgehead atoms. The molecule has 196 valence electrons. The van der Waals surface area contributed by atoms with Crippen LogP contribution in [0.4, 0.5) is 0 Å². The van der Waals surface area contributed by atoms with Crippen LogP contribution in [-0.2, 0) is 24.0 Å². The molecule has 1 amide bonds. The molecule has 0 unspecified atom stereocenters. The van der Waals surface area contributed by atoms with E-state index in [9.17, 15) is 24.0 Å². The summed E-state index contributed by atoms with van der Waals surface area (Å²) >= 11 is 0. The normalized spacial score (nSPS) is 10.4. The Labute approximate surface area is 252 Å². The second-order valence-electron chi connectivity index (χ2n) is 7.96. The number of carboxylic acids is 4. The molecule has 1 atom stereocenters. The van der Waals surface area contributed by atoms with Crippen LogP contribution in [0.3, 0.4) is 0 Å². The molecule has 0 aromatic rings. The minimum absolute atomic E-state index is 0. The van der Waals surface area contributed by atoms with Crippen molar-refractivity contribution in [3.05, 3.63) is 0 Å². The summed E-state index contributed by atoms with van der Waals surface area (Å²) in [5.74, 6) is -4.71. The Kier molecular flexibility index (Phi) is 35.1. The number of rotatable bonds is 20. The molecule has 35 heavy (non-hydrogen) atoms. The molecule has 0 spiro atoms. The van der Waals surface area contributed by atoms with Crippen molar-refractivity contribution in [3.63, 3.8) is 0 Å². The molecule has 0 aliphatic rings. The second-order valence-corrected chi connectivity index (χ2v) is 7.96. The number of aliphatic carboxylic acids is 4. The van der Waals surface area contributed by atoms with Crippen LogP contribution in [0.1, 0.15) is 110 Å². The van der Waals surface area contributed by atoms with Crippen LogP contribution in [0.25, 0.3) is 0 Å². The van der Waals surface area contributed by atoms with E-state index in [1.807, 2.05) is 0 Å². The number of hydrogen-bond donors (Lipinski definition) is 5. The third kappa shape index (κ3) is 35.6. The summed E-state index contributed by atoms with van der Waals surface area (Å²) in [6.07, 6.45) is 12.5. The Hall–Kier alpha value is -0.650. The third-order valence-electron chi connectivity index (χ3n) is 4.84. The Morgan fingerprint density at radius 1 is 0.571 bits per heavy atom. The van der Waals surface area contributed by atoms with Gasteiger partial charge < -0.3 is 25.7 Å². The minimum atomic E-state index is -1.19. The topological polar surface area (TPSA) is 178 Å². The first kappa shape index (κ1) is 41.5. The predicted octanol–water partition coefficient (Wildman–Crippen LogP) is 2.76. The maximum atomic E-state index is 11.7. The maximum absolute atomic E-state index is 11.7. The van der Waals surface area contributed by atoms with Gasteiger partial charge in [-0.05, 0) is 12.8 Å². The Bertz CT molecular complexity index is 575. The molecule has 0 aliphatic heterocycles. The third-order valence-corrected chi connectivity index (χ3v) is 4.84. The molecule has 5 N–H and O–H groups in total. The molecular weight excluding hydrogens is 480 g/mol. The number of carbonyl (C=O) groups excluding carboxylic acids is 1. The fourth-order valence-electron chi connectivity index (χ4n) is 2.96. The van der Waals surface area contributed by atoms with Gasteiger partial charge >= 0.3 is 83.0 Å². The van der Waals surface area contributed by atoms with Gasteiger partial charge in [-0.15, -0.1) is 0 Å². The predicted molar refractivity (Wildman–Crippen MR) is 136 cm³/mol. The van der Waals surface area contributed by atoms with Crippen LogP contribution < -0.4 is 5.32 Å². The van der Waals surface area contributed by atoms with Crippen molar-refractivity contribution >= 4 is 88.9 Å². The summed E-state index contributed by atoms with van der Waals surface area (Å²) in [5, 5.41) is 35.8. The molecule has 0 aliphatic carbocycles. The molecular formula is C23H43NNa2O9. The molecule has 0 aromatic heterocycles. The van der Waals surface area contributed by atoms with Gasteiger partial charge in [0.2, 0.25) is 5.91 Å². The van der Waals surface area contributed by atoms with Gasteiger partial charge in [-0.1, -0.05) is 71.1 Å². The van der Waals surface area contributed by atoms with Crippen molar-refractivity contribution in [1.29, 1.82) is 0 Å². The van der Waals surface area contributed by atoms with Crippen molar-refractivity contribution in [2.24, 2.45) is 0 Å². The number of unbranched alkanes of at least 4 members (excludes halogenated alkanes) is 10. The quantitative estimate of drug-likeness (QED) is 0.118. The van der Waals surface area contributed by atoms with E-state index >= 15 is 0 Å².